The Balaban J connectivity index is 2.73. The van der Waals surface area contributed by atoms with Gasteiger partial charge < -0.3 is 0 Å². The van der Waals surface area contributed by atoms with Crippen molar-refractivity contribution < 1.29 is 4.79 Å². The van der Waals surface area contributed by atoms with E-state index in [-0.39, 0.29) is 11.0 Å². The molecule has 0 bridgehead atoms. The molecule has 1 fully saturated rings. The molecule has 0 N–H and O–H groups in total. The molecule has 1 aliphatic rings. The molecular formula is C4H4Cl2OS2. The van der Waals surface area contributed by atoms with Crippen molar-refractivity contribution in [2.75, 3.05) is 0 Å². The number of hydrogen-bond donors (Lipinski definition) is 0. The van der Waals surface area contributed by atoms with Gasteiger partial charge in [0, 0.05) is 0 Å². The second-order valence-electron chi connectivity index (χ2n) is 1.77. The van der Waals surface area contributed by atoms with E-state index in [0.29, 0.717) is 0 Å². The molecule has 0 aromatic heterocycles. The van der Waals surface area contributed by atoms with E-state index in [9.17, 15) is 4.79 Å². The van der Waals surface area contributed by atoms with Gasteiger partial charge in [0.2, 0.25) is 5.12 Å². The molecule has 1 unspecified atom stereocenters. The van der Waals surface area contributed by atoms with E-state index in [1.54, 1.807) is 6.92 Å². The summed E-state index contributed by atoms with van der Waals surface area (Å²) in [6.07, 6.45) is 0. The van der Waals surface area contributed by atoms with E-state index in [2.05, 4.69) is 0 Å². The number of alkyl halides is 2. The first-order valence-electron chi connectivity index (χ1n) is 2.31. The van der Waals surface area contributed by atoms with E-state index < -0.39 is 3.67 Å². The SMILES string of the molecule is CC1C(=O)SSC1(Cl)Cl. The van der Waals surface area contributed by atoms with E-state index in [1.165, 1.54) is 10.8 Å². The zero-order valence-corrected chi connectivity index (χ0v) is 7.70. The van der Waals surface area contributed by atoms with Gasteiger partial charge in [-0.1, -0.05) is 30.1 Å². The van der Waals surface area contributed by atoms with Crippen molar-refractivity contribution in [3.05, 3.63) is 0 Å². The molecule has 9 heavy (non-hydrogen) atoms. The normalized spacial score (nSPS) is 33.2. The van der Waals surface area contributed by atoms with Gasteiger partial charge >= 0.3 is 0 Å². The number of rotatable bonds is 0. The topological polar surface area (TPSA) is 17.1 Å². The largest absolute Gasteiger partial charge is 0.286 e. The summed E-state index contributed by atoms with van der Waals surface area (Å²) in [6, 6.07) is 0. The van der Waals surface area contributed by atoms with Gasteiger partial charge in [-0.05, 0) is 21.6 Å². The fraction of sp³-hybridized carbons (Fsp3) is 0.750. The van der Waals surface area contributed by atoms with Crippen molar-refractivity contribution in [1.29, 1.82) is 0 Å². The molecule has 0 saturated carbocycles. The Morgan fingerprint density at radius 3 is 2.33 bits per heavy atom. The molecule has 1 nitrogen and oxygen atoms in total. The van der Waals surface area contributed by atoms with Crippen molar-refractivity contribution in [2.45, 2.75) is 10.6 Å². The first-order chi connectivity index (χ1) is 4.04. The van der Waals surface area contributed by atoms with E-state index in [4.69, 9.17) is 23.2 Å². The van der Waals surface area contributed by atoms with Gasteiger partial charge in [-0.2, -0.15) is 0 Å². The van der Waals surface area contributed by atoms with E-state index in [0.717, 1.165) is 10.8 Å². The Morgan fingerprint density at radius 2 is 2.22 bits per heavy atom. The van der Waals surface area contributed by atoms with Gasteiger partial charge in [-0.15, -0.1) is 0 Å². The third-order valence-electron chi connectivity index (χ3n) is 1.09. The predicted octanol–water partition coefficient (Wildman–Crippen LogP) is 2.68. The lowest BCUT2D eigenvalue weighted by atomic mass is 10.2. The van der Waals surface area contributed by atoms with Crippen molar-refractivity contribution in [3.8, 4) is 0 Å². The predicted molar refractivity (Wildman–Crippen MR) is 43.8 cm³/mol. The average molecular weight is 203 g/mol. The van der Waals surface area contributed by atoms with Crippen LogP contribution < -0.4 is 0 Å². The summed E-state index contributed by atoms with van der Waals surface area (Å²) < 4.78 is -0.901. The molecule has 0 amide bonds. The van der Waals surface area contributed by atoms with Crippen LogP contribution in [0.4, 0.5) is 0 Å². The minimum Gasteiger partial charge on any atom is -0.286 e. The second kappa shape index (κ2) is 2.53. The molecule has 0 aromatic rings. The van der Waals surface area contributed by atoms with Crippen molar-refractivity contribution in [2.24, 2.45) is 5.92 Å². The number of hydrogen-bond acceptors (Lipinski definition) is 3. The Labute approximate surface area is 71.2 Å². The van der Waals surface area contributed by atoms with Crippen LogP contribution in [0, 0.1) is 5.92 Å². The van der Waals surface area contributed by atoms with E-state index in [1.807, 2.05) is 0 Å². The Morgan fingerprint density at radius 1 is 1.67 bits per heavy atom. The standard InChI is InChI=1S/C4H4Cl2OS2/c1-2-3(7)8-9-4(2,5)6/h2H,1H3. The molecule has 0 aliphatic carbocycles. The summed E-state index contributed by atoms with van der Waals surface area (Å²) in [5.74, 6) is -0.254. The Kier molecular flexibility index (Phi) is 2.26. The molecule has 1 atom stereocenters. The van der Waals surface area contributed by atoms with Crippen LogP contribution in [-0.4, -0.2) is 8.78 Å². The van der Waals surface area contributed by atoms with Gasteiger partial charge in [0.05, 0.1) is 5.92 Å². The van der Waals surface area contributed by atoms with Crippen LogP contribution in [0.1, 0.15) is 6.92 Å². The van der Waals surface area contributed by atoms with Gasteiger partial charge in [0.25, 0.3) is 0 Å². The van der Waals surface area contributed by atoms with Crippen LogP contribution in [0.25, 0.3) is 0 Å². The van der Waals surface area contributed by atoms with Gasteiger partial charge in [0.15, 0.2) is 3.67 Å². The molecular weight excluding hydrogens is 199 g/mol. The molecule has 0 aromatic carbocycles. The highest BCUT2D eigenvalue weighted by atomic mass is 35.5. The van der Waals surface area contributed by atoms with Crippen molar-refractivity contribution in [3.63, 3.8) is 0 Å². The minimum atomic E-state index is -0.901. The summed E-state index contributed by atoms with van der Waals surface area (Å²) in [4.78, 5) is 10.8. The van der Waals surface area contributed by atoms with Gasteiger partial charge in [-0.3, -0.25) is 4.79 Å². The molecule has 5 heteroatoms. The number of carbonyl (C=O) groups is 1. The van der Waals surface area contributed by atoms with Crippen LogP contribution in [0.2, 0.25) is 0 Å². The zero-order chi connectivity index (χ0) is 7.07. The summed E-state index contributed by atoms with van der Waals surface area (Å²) in [5.41, 5.74) is 0. The van der Waals surface area contributed by atoms with Crippen LogP contribution in [0.3, 0.4) is 0 Å². The highest BCUT2D eigenvalue weighted by Crippen LogP contribution is 2.56. The summed E-state index contributed by atoms with van der Waals surface area (Å²) in [6.45, 7) is 1.73. The van der Waals surface area contributed by atoms with Crippen LogP contribution in [-0.2, 0) is 4.79 Å². The smallest absolute Gasteiger partial charge is 0.206 e. The Hall–Kier alpha value is 0.950. The van der Waals surface area contributed by atoms with E-state index >= 15 is 0 Å². The number of halogens is 2. The third kappa shape index (κ3) is 1.50. The average Bonchev–Trinajstić information content (AvgIpc) is 1.97. The lowest BCUT2D eigenvalue weighted by molar-refractivity contribution is -0.113. The molecule has 1 aliphatic heterocycles. The molecule has 1 rings (SSSR count). The van der Waals surface area contributed by atoms with Crippen LogP contribution in [0.5, 0.6) is 0 Å². The van der Waals surface area contributed by atoms with Gasteiger partial charge in [-0.25, -0.2) is 0 Å². The maximum absolute atomic E-state index is 10.8. The molecule has 0 radical (unpaired) electrons. The second-order valence-corrected chi connectivity index (χ2v) is 5.98. The summed E-state index contributed by atoms with van der Waals surface area (Å²) in [5, 5.41) is 0.0602. The maximum atomic E-state index is 10.8. The number of carbonyl (C=O) groups excluding carboxylic acids is 1. The molecule has 0 spiro atoms. The zero-order valence-electron chi connectivity index (χ0n) is 4.56. The fourth-order valence-electron chi connectivity index (χ4n) is 0.378. The molecule has 1 saturated heterocycles. The molecule has 52 valence electrons. The van der Waals surface area contributed by atoms with Crippen LogP contribution >= 0.6 is 44.8 Å². The Bertz CT molecular complexity index is 148. The molecule has 1 heterocycles. The lowest BCUT2D eigenvalue weighted by Gasteiger charge is -2.12. The third-order valence-corrected chi connectivity index (χ3v) is 5.47. The first kappa shape index (κ1) is 8.05. The lowest BCUT2D eigenvalue weighted by Crippen LogP contribution is -2.17. The fourth-order valence-corrected chi connectivity index (χ4v) is 3.56. The van der Waals surface area contributed by atoms with Crippen molar-refractivity contribution in [1.82, 2.24) is 0 Å². The van der Waals surface area contributed by atoms with Crippen LogP contribution in [0.15, 0.2) is 0 Å². The summed E-state index contributed by atoms with van der Waals surface area (Å²) >= 11 is 11.4. The minimum absolute atomic E-state index is 0.0602. The first-order valence-corrected chi connectivity index (χ1v) is 5.22. The summed E-state index contributed by atoms with van der Waals surface area (Å²) in [7, 11) is 2.34. The van der Waals surface area contributed by atoms with Crippen molar-refractivity contribution >= 4 is 49.9 Å². The maximum Gasteiger partial charge on any atom is 0.206 e. The quantitative estimate of drug-likeness (QED) is 0.445. The monoisotopic (exact) mass is 202 g/mol. The highest BCUT2D eigenvalue weighted by molar-refractivity contribution is 8.84. The van der Waals surface area contributed by atoms with Gasteiger partial charge in [0.1, 0.15) is 0 Å². The highest BCUT2D eigenvalue weighted by Gasteiger charge is 2.44.